The molecule has 11 heteroatoms. The molecule has 4 N–H and O–H groups in total. The first kappa shape index (κ1) is 28.3. The normalized spacial score (nSPS) is 21.2. The van der Waals surface area contributed by atoms with E-state index in [9.17, 15) is 24.3 Å². The second-order valence-corrected chi connectivity index (χ2v) is 10.1. The molecule has 1 aliphatic rings. The van der Waals surface area contributed by atoms with Crippen LogP contribution in [0.15, 0.2) is 0 Å². The number of carboxylic acid groups (broad SMARTS) is 1. The molecule has 1 saturated heterocycles. The van der Waals surface area contributed by atoms with E-state index in [2.05, 4.69) is 5.32 Å². The van der Waals surface area contributed by atoms with Crippen LogP contribution in [0.25, 0.3) is 0 Å². The van der Waals surface area contributed by atoms with Gasteiger partial charge in [0.25, 0.3) is 0 Å². The maximum atomic E-state index is 12.6. The molecule has 10 nitrogen and oxygen atoms in total. The number of ether oxygens (including phenoxy) is 3. The van der Waals surface area contributed by atoms with Crippen molar-refractivity contribution in [2.75, 3.05) is 25.5 Å². The van der Waals surface area contributed by atoms with E-state index in [1.165, 1.54) is 6.92 Å². The lowest BCUT2D eigenvalue weighted by atomic mass is 9.85. The topological polar surface area (TPSA) is 154 Å². The number of rotatable bonds is 12. The summed E-state index contributed by atoms with van der Waals surface area (Å²) in [5, 5.41) is 12.1. The van der Waals surface area contributed by atoms with Crippen LogP contribution in [-0.2, 0) is 33.4 Å². The molecule has 0 aromatic carbocycles. The number of aliphatic carboxylic acids is 1. The molecule has 0 aromatic rings. The molecule has 0 aromatic heterocycles. The first-order valence-electron chi connectivity index (χ1n) is 10.6. The van der Waals surface area contributed by atoms with Crippen molar-refractivity contribution in [2.45, 2.75) is 71.8 Å². The lowest BCUT2D eigenvalue weighted by Gasteiger charge is -2.44. The first-order valence-corrected chi connectivity index (χ1v) is 11.6. The molecule has 1 unspecified atom stereocenters. The van der Waals surface area contributed by atoms with Gasteiger partial charge in [0.15, 0.2) is 10.9 Å². The summed E-state index contributed by atoms with van der Waals surface area (Å²) >= 11 is 0.901. The van der Waals surface area contributed by atoms with Crippen LogP contribution in [0.5, 0.6) is 0 Å². The maximum Gasteiger partial charge on any atom is 0.308 e. The molecule has 0 saturated carbocycles. The monoisotopic (exact) mass is 476 g/mol. The van der Waals surface area contributed by atoms with Crippen molar-refractivity contribution in [3.8, 4) is 0 Å². The molecule has 1 aliphatic heterocycles. The highest BCUT2D eigenvalue weighted by Crippen LogP contribution is 2.34. The molecular weight excluding hydrogens is 440 g/mol. The average molecular weight is 477 g/mol. The number of nitrogens with two attached hydrogens (primary N) is 1. The maximum absolute atomic E-state index is 12.6. The summed E-state index contributed by atoms with van der Waals surface area (Å²) < 4.78 is 16.2. The van der Waals surface area contributed by atoms with Crippen molar-refractivity contribution in [1.29, 1.82) is 0 Å². The Morgan fingerprint density at radius 3 is 2.50 bits per heavy atom. The molecule has 1 heterocycles. The number of esters is 1. The summed E-state index contributed by atoms with van der Waals surface area (Å²) in [4.78, 5) is 46.9. The molecule has 1 amide bonds. The fourth-order valence-corrected chi connectivity index (χ4v) is 4.09. The van der Waals surface area contributed by atoms with Gasteiger partial charge in [-0.15, -0.1) is 0 Å². The van der Waals surface area contributed by atoms with Crippen LogP contribution in [0.2, 0.25) is 0 Å². The number of carbonyl (C=O) groups is 4. The summed E-state index contributed by atoms with van der Waals surface area (Å²) in [6.07, 6.45) is 0.0739. The van der Waals surface area contributed by atoms with E-state index in [1.54, 1.807) is 13.8 Å². The predicted molar refractivity (Wildman–Crippen MR) is 119 cm³/mol. The highest BCUT2D eigenvalue weighted by atomic mass is 32.2. The largest absolute Gasteiger partial charge is 0.481 e. The van der Waals surface area contributed by atoms with E-state index in [0.717, 1.165) is 11.8 Å². The van der Waals surface area contributed by atoms with Crippen molar-refractivity contribution < 1.29 is 38.5 Å². The van der Waals surface area contributed by atoms with Gasteiger partial charge < -0.3 is 30.4 Å². The Balaban J connectivity index is 2.46. The molecular formula is C21H36N2O8S. The quantitative estimate of drug-likeness (QED) is 0.277. The second-order valence-electron chi connectivity index (χ2n) is 8.99. The standard InChI is InChI=1S/C21H36N2O8S/c1-13(24)29-10-6-7-16(25)32-11-14(19(27)28)15(22)8-9-23-18(26)17-20(2,3)12-30-21(4,5)31-17/h14-15,17H,6-12,22H2,1-5H3,(H,23,26)(H,27,28)/t14-,15?,17+/m1/s1. The lowest BCUT2D eigenvalue weighted by molar-refractivity contribution is -0.304. The average Bonchev–Trinajstić information content (AvgIpc) is 2.67. The van der Waals surface area contributed by atoms with Crippen LogP contribution in [0.4, 0.5) is 0 Å². The van der Waals surface area contributed by atoms with E-state index in [-0.39, 0.29) is 42.8 Å². The van der Waals surface area contributed by atoms with E-state index in [1.807, 2.05) is 13.8 Å². The third-order valence-corrected chi connectivity index (χ3v) is 6.06. The third-order valence-electron chi connectivity index (χ3n) is 5.01. The lowest BCUT2D eigenvalue weighted by Crippen LogP contribution is -2.56. The molecule has 0 bridgehead atoms. The minimum absolute atomic E-state index is 0.0289. The molecule has 184 valence electrons. The fourth-order valence-electron chi connectivity index (χ4n) is 3.04. The van der Waals surface area contributed by atoms with Crippen molar-refractivity contribution in [1.82, 2.24) is 5.32 Å². The SMILES string of the molecule is CC(=O)OCCCC(=O)SC[C@@H](C(=O)O)C(N)CCNC(=O)[C@@H]1OC(C)(C)OCC1(C)C. The first-order chi connectivity index (χ1) is 14.7. The van der Waals surface area contributed by atoms with Crippen molar-refractivity contribution in [3.05, 3.63) is 0 Å². The number of nitrogens with one attached hydrogen (secondary N) is 1. The summed E-state index contributed by atoms with van der Waals surface area (Å²) in [6.45, 7) is 9.21. The van der Waals surface area contributed by atoms with Gasteiger partial charge in [-0.25, -0.2) is 0 Å². The fraction of sp³-hybridized carbons (Fsp3) is 0.810. The van der Waals surface area contributed by atoms with Gasteiger partial charge >= 0.3 is 11.9 Å². The van der Waals surface area contributed by atoms with Gasteiger partial charge in [-0.3, -0.25) is 19.2 Å². The Morgan fingerprint density at radius 1 is 1.25 bits per heavy atom. The number of thioether (sulfide) groups is 1. The highest BCUT2D eigenvalue weighted by molar-refractivity contribution is 8.13. The molecule has 0 spiro atoms. The van der Waals surface area contributed by atoms with Crippen molar-refractivity contribution in [2.24, 2.45) is 17.1 Å². The van der Waals surface area contributed by atoms with Crippen molar-refractivity contribution in [3.63, 3.8) is 0 Å². The summed E-state index contributed by atoms with van der Waals surface area (Å²) in [5.74, 6) is -3.60. The van der Waals surface area contributed by atoms with Gasteiger partial charge in [-0.2, -0.15) is 0 Å². The second kappa shape index (κ2) is 12.5. The smallest absolute Gasteiger partial charge is 0.308 e. The van der Waals surface area contributed by atoms with Gasteiger partial charge in [-0.05, 0) is 26.7 Å². The summed E-state index contributed by atoms with van der Waals surface area (Å²) in [6, 6.07) is -0.741. The van der Waals surface area contributed by atoms with Crippen molar-refractivity contribution >= 4 is 34.7 Å². The third kappa shape index (κ3) is 9.85. The van der Waals surface area contributed by atoms with Crippen LogP contribution in [0.1, 0.15) is 53.9 Å². The Kier molecular flexibility index (Phi) is 11.1. The highest BCUT2D eigenvalue weighted by Gasteiger charge is 2.45. The Hall–Kier alpha value is -1.69. The molecule has 1 fully saturated rings. The van der Waals surface area contributed by atoms with Crippen LogP contribution < -0.4 is 11.1 Å². The van der Waals surface area contributed by atoms with Gasteiger partial charge in [0.1, 0.15) is 6.10 Å². The molecule has 0 aliphatic carbocycles. The summed E-state index contributed by atoms with van der Waals surface area (Å²) in [5.41, 5.74) is 5.54. The number of amides is 1. The van der Waals surface area contributed by atoms with E-state index < -0.39 is 41.2 Å². The molecule has 32 heavy (non-hydrogen) atoms. The molecule has 0 radical (unpaired) electrons. The predicted octanol–water partition coefficient (Wildman–Crippen LogP) is 1.30. The zero-order valence-corrected chi connectivity index (χ0v) is 20.3. The van der Waals surface area contributed by atoms with Crippen LogP contribution in [-0.4, -0.2) is 71.5 Å². The van der Waals surface area contributed by atoms with Crippen LogP contribution in [0.3, 0.4) is 0 Å². The van der Waals surface area contributed by atoms with Crippen LogP contribution in [0, 0.1) is 11.3 Å². The minimum Gasteiger partial charge on any atom is -0.481 e. The van der Waals surface area contributed by atoms with Gasteiger partial charge in [-0.1, -0.05) is 25.6 Å². The molecule has 1 rings (SSSR count). The summed E-state index contributed by atoms with van der Waals surface area (Å²) in [7, 11) is 0. The van der Waals surface area contributed by atoms with Gasteiger partial charge in [0.05, 0.1) is 19.1 Å². The Labute approximate surface area is 193 Å². The number of carbonyl (C=O) groups excluding carboxylic acids is 3. The van der Waals surface area contributed by atoms with E-state index >= 15 is 0 Å². The Morgan fingerprint density at radius 2 is 1.91 bits per heavy atom. The minimum atomic E-state index is -1.10. The number of hydrogen-bond donors (Lipinski definition) is 3. The molecule has 3 atom stereocenters. The van der Waals surface area contributed by atoms with Gasteiger partial charge in [0.2, 0.25) is 5.91 Å². The van der Waals surface area contributed by atoms with E-state index in [4.69, 9.17) is 19.9 Å². The number of carboxylic acids is 1. The van der Waals surface area contributed by atoms with Crippen LogP contribution >= 0.6 is 11.8 Å². The zero-order valence-electron chi connectivity index (χ0n) is 19.5. The van der Waals surface area contributed by atoms with Gasteiger partial charge in [0, 0.05) is 37.1 Å². The van der Waals surface area contributed by atoms with E-state index in [0.29, 0.717) is 13.0 Å². The number of hydrogen-bond acceptors (Lipinski definition) is 9. The Bertz CT molecular complexity index is 683. The zero-order chi connectivity index (χ0) is 24.5.